The lowest BCUT2D eigenvalue weighted by Gasteiger charge is -2.31. The van der Waals surface area contributed by atoms with Crippen molar-refractivity contribution in [2.24, 2.45) is 0 Å². The molecule has 2 aromatic rings. The fourth-order valence-electron chi connectivity index (χ4n) is 3.21. The lowest BCUT2D eigenvalue weighted by atomic mass is 10.1. The molecule has 1 saturated heterocycles. The summed E-state index contributed by atoms with van der Waals surface area (Å²) in [6, 6.07) is 18.1. The van der Waals surface area contributed by atoms with Gasteiger partial charge >= 0.3 is 0 Å². The molecule has 26 heavy (non-hydrogen) atoms. The standard InChI is InChI=1S/C21H27N3O2/c1-22-19-8-5-13-24(14-19)15-21(25)23-18-9-11-20(12-10-18)26-16-17-6-3-2-4-7-17/h2-4,6-7,9-12,19,22H,5,8,13-16H2,1H3,(H,23,25). The van der Waals surface area contributed by atoms with Crippen LogP contribution < -0.4 is 15.4 Å². The Bertz CT molecular complexity index is 688. The number of rotatable bonds is 7. The molecule has 0 bridgehead atoms. The number of amides is 1. The van der Waals surface area contributed by atoms with Crippen molar-refractivity contribution >= 4 is 11.6 Å². The van der Waals surface area contributed by atoms with E-state index in [1.54, 1.807) is 0 Å². The molecule has 1 aliphatic rings. The minimum absolute atomic E-state index is 0.0275. The number of anilines is 1. The molecule has 0 radical (unpaired) electrons. The highest BCUT2D eigenvalue weighted by Gasteiger charge is 2.20. The number of hydrogen-bond acceptors (Lipinski definition) is 4. The molecule has 1 heterocycles. The first-order valence-electron chi connectivity index (χ1n) is 9.19. The van der Waals surface area contributed by atoms with Crippen LogP contribution in [0.25, 0.3) is 0 Å². The largest absolute Gasteiger partial charge is 0.489 e. The maximum absolute atomic E-state index is 12.3. The predicted octanol–water partition coefficient (Wildman–Crippen LogP) is 2.89. The van der Waals surface area contributed by atoms with Gasteiger partial charge in [0.2, 0.25) is 5.91 Å². The third kappa shape index (κ3) is 5.58. The molecular weight excluding hydrogens is 326 g/mol. The first-order chi connectivity index (χ1) is 12.7. The van der Waals surface area contributed by atoms with Crippen LogP contribution in [0.3, 0.4) is 0 Å². The van der Waals surface area contributed by atoms with Gasteiger partial charge < -0.3 is 15.4 Å². The van der Waals surface area contributed by atoms with Gasteiger partial charge in [0.15, 0.2) is 0 Å². The van der Waals surface area contributed by atoms with Crippen molar-refractivity contribution in [1.29, 1.82) is 0 Å². The van der Waals surface area contributed by atoms with Gasteiger partial charge in [-0.25, -0.2) is 0 Å². The van der Waals surface area contributed by atoms with Crippen molar-refractivity contribution in [2.75, 3.05) is 32.0 Å². The second kappa shape index (κ2) is 9.36. The van der Waals surface area contributed by atoms with Crippen LogP contribution in [0.2, 0.25) is 0 Å². The molecule has 5 heteroatoms. The number of nitrogens with one attached hydrogen (secondary N) is 2. The van der Waals surface area contributed by atoms with Crippen molar-refractivity contribution in [2.45, 2.75) is 25.5 Å². The van der Waals surface area contributed by atoms with Gasteiger partial charge in [-0.05, 0) is 56.3 Å². The van der Waals surface area contributed by atoms with Crippen molar-refractivity contribution in [3.63, 3.8) is 0 Å². The first-order valence-corrected chi connectivity index (χ1v) is 9.19. The second-order valence-corrected chi connectivity index (χ2v) is 6.71. The van der Waals surface area contributed by atoms with Crippen LogP contribution in [-0.4, -0.2) is 43.5 Å². The molecule has 2 N–H and O–H groups in total. The van der Waals surface area contributed by atoms with Crippen LogP contribution in [0.5, 0.6) is 5.75 Å². The molecule has 0 spiro atoms. The summed E-state index contributed by atoms with van der Waals surface area (Å²) in [7, 11) is 1.98. The Morgan fingerprint density at radius 1 is 1.15 bits per heavy atom. The Hall–Kier alpha value is -2.37. The van der Waals surface area contributed by atoms with E-state index in [9.17, 15) is 4.79 Å². The quantitative estimate of drug-likeness (QED) is 0.804. The lowest BCUT2D eigenvalue weighted by molar-refractivity contribution is -0.117. The fourth-order valence-corrected chi connectivity index (χ4v) is 3.21. The summed E-state index contributed by atoms with van der Waals surface area (Å²) >= 11 is 0. The topological polar surface area (TPSA) is 53.6 Å². The maximum atomic E-state index is 12.3. The maximum Gasteiger partial charge on any atom is 0.238 e. The van der Waals surface area contributed by atoms with Crippen LogP contribution in [0.15, 0.2) is 54.6 Å². The minimum Gasteiger partial charge on any atom is -0.489 e. The van der Waals surface area contributed by atoms with E-state index in [0.717, 1.165) is 36.5 Å². The molecule has 0 saturated carbocycles. The van der Waals surface area contributed by atoms with Gasteiger partial charge in [-0.2, -0.15) is 0 Å². The zero-order valence-electron chi connectivity index (χ0n) is 15.3. The number of hydrogen-bond donors (Lipinski definition) is 2. The van der Waals surface area contributed by atoms with Crippen LogP contribution in [0.4, 0.5) is 5.69 Å². The highest BCUT2D eigenvalue weighted by Crippen LogP contribution is 2.17. The van der Waals surface area contributed by atoms with E-state index in [0.29, 0.717) is 19.2 Å². The zero-order chi connectivity index (χ0) is 18.2. The Labute approximate surface area is 155 Å². The van der Waals surface area contributed by atoms with E-state index in [-0.39, 0.29) is 5.91 Å². The van der Waals surface area contributed by atoms with Crippen molar-refractivity contribution in [3.05, 3.63) is 60.2 Å². The molecule has 0 aliphatic carbocycles. The van der Waals surface area contributed by atoms with Crippen LogP contribution in [0.1, 0.15) is 18.4 Å². The first kappa shape index (κ1) is 18.4. The fraction of sp³-hybridized carbons (Fsp3) is 0.381. The molecule has 3 rings (SSSR count). The summed E-state index contributed by atoms with van der Waals surface area (Å²) in [5.41, 5.74) is 1.93. The summed E-state index contributed by atoms with van der Waals surface area (Å²) in [5, 5.41) is 6.27. The molecule has 1 amide bonds. The van der Waals surface area contributed by atoms with Crippen LogP contribution in [-0.2, 0) is 11.4 Å². The third-order valence-electron chi connectivity index (χ3n) is 4.67. The molecule has 138 valence electrons. The number of nitrogens with zero attached hydrogens (tertiary/aromatic N) is 1. The van der Waals surface area contributed by atoms with Crippen LogP contribution >= 0.6 is 0 Å². The van der Waals surface area contributed by atoms with Gasteiger partial charge in [-0.15, -0.1) is 0 Å². The number of carbonyl (C=O) groups is 1. The number of likely N-dealkylation sites (tertiary alicyclic amines) is 1. The summed E-state index contributed by atoms with van der Waals surface area (Å²) in [5.74, 6) is 0.819. The Morgan fingerprint density at radius 2 is 1.92 bits per heavy atom. The van der Waals surface area contributed by atoms with Crippen LogP contribution in [0, 0.1) is 0 Å². The Kier molecular flexibility index (Phi) is 6.63. The van der Waals surface area contributed by atoms with Gasteiger partial charge in [0.05, 0.1) is 6.54 Å². The van der Waals surface area contributed by atoms with E-state index in [1.807, 2.05) is 61.6 Å². The summed E-state index contributed by atoms with van der Waals surface area (Å²) in [6.07, 6.45) is 2.31. The highest BCUT2D eigenvalue weighted by atomic mass is 16.5. The van der Waals surface area contributed by atoms with Crippen molar-refractivity contribution < 1.29 is 9.53 Å². The van der Waals surface area contributed by atoms with E-state index in [2.05, 4.69) is 15.5 Å². The molecule has 1 atom stereocenters. The molecule has 5 nitrogen and oxygen atoms in total. The predicted molar refractivity (Wildman–Crippen MR) is 104 cm³/mol. The van der Waals surface area contributed by atoms with Gasteiger partial charge in [0, 0.05) is 18.3 Å². The normalized spacial score (nSPS) is 17.7. The average molecular weight is 353 g/mol. The lowest BCUT2D eigenvalue weighted by Crippen LogP contribution is -2.46. The SMILES string of the molecule is CNC1CCCN(CC(=O)Nc2ccc(OCc3ccccc3)cc2)C1. The van der Waals surface area contributed by atoms with Gasteiger partial charge in [-0.1, -0.05) is 30.3 Å². The molecule has 1 unspecified atom stereocenters. The van der Waals surface area contributed by atoms with E-state index >= 15 is 0 Å². The Morgan fingerprint density at radius 3 is 2.65 bits per heavy atom. The number of ether oxygens (including phenoxy) is 1. The average Bonchev–Trinajstić information content (AvgIpc) is 2.68. The number of likely N-dealkylation sites (N-methyl/N-ethyl adjacent to an activating group) is 1. The molecular formula is C21H27N3O2. The van der Waals surface area contributed by atoms with Crippen molar-refractivity contribution in [1.82, 2.24) is 10.2 Å². The monoisotopic (exact) mass is 353 g/mol. The third-order valence-corrected chi connectivity index (χ3v) is 4.67. The second-order valence-electron chi connectivity index (χ2n) is 6.71. The highest BCUT2D eigenvalue weighted by molar-refractivity contribution is 5.92. The zero-order valence-corrected chi connectivity index (χ0v) is 15.3. The number of carbonyl (C=O) groups excluding carboxylic acids is 1. The molecule has 0 aromatic heterocycles. The molecule has 1 aliphatic heterocycles. The molecule has 2 aromatic carbocycles. The molecule has 1 fully saturated rings. The summed E-state index contributed by atoms with van der Waals surface area (Å²) < 4.78 is 5.77. The van der Waals surface area contributed by atoms with E-state index in [4.69, 9.17) is 4.74 Å². The smallest absolute Gasteiger partial charge is 0.238 e. The summed E-state index contributed by atoms with van der Waals surface area (Å²) in [6.45, 7) is 2.88. The Balaban J connectivity index is 1.45. The minimum atomic E-state index is 0.0275. The summed E-state index contributed by atoms with van der Waals surface area (Å²) in [4.78, 5) is 14.5. The van der Waals surface area contributed by atoms with E-state index in [1.165, 1.54) is 6.42 Å². The number of benzene rings is 2. The van der Waals surface area contributed by atoms with Crippen molar-refractivity contribution in [3.8, 4) is 5.75 Å². The van der Waals surface area contributed by atoms with E-state index < -0.39 is 0 Å². The van der Waals surface area contributed by atoms with Gasteiger partial charge in [0.25, 0.3) is 0 Å². The van der Waals surface area contributed by atoms with Gasteiger partial charge in [-0.3, -0.25) is 9.69 Å². The van der Waals surface area contributed by atoms with Gasteiger partial charge in [0.1, 0.15) is 12.4 Å². The number of piperidine rings is 1.